The van der Waals surface area contributed by atoms with Crippen LogP contribution in [0.5, 0.6) is 0 Å². The first-order valence-corrected chi connectivity index (χ1v) is 7.29. The highest BCUT2D eigenvalue weighted by molar-refractivity contribution is 6.02. The van der Waals surface area contributed by atoms with Crippen molar-refractivity contribution in [1.82, 2.24) is 25.0 Å². The summed E-state index contributed by atoms with van der Waals surface area (Å²) in [5, 5.41) is 11.0. The van der Waals surface area contributed by atoms with Gasteiger partial charge in [-0.2, -0.15) is 9.90 Å². The van der Waals surface area contributed by atoms with Crippen molar-refractivity contribution in [3.8, 4) is 5.69 Å². The second-order valence-electron chi connectivity index (χ2n) is 4.95. The number of aryl methyl sites for hydroxylation is 2. The second-order valence-corrected chi connectivity index (χ2v) is 4.95. The largest absolute Gasteiger partial charge is 0.305 e. The summed E-state index contributed by atoms with van der Waals surface area (Å²) in [7, 11) is 0. The Hall–Kier alpha value is -3.09. The van der Waals surface area contributed by atoms with Crippen LogP contribution >= 0.6 is 0 Å². The first-order chi connectivity index (χ1) is 11.2. The SMILES string of the molecule is CCc1cc(NC(=O)c2cnn(-c3ccccc3)n2)nc(C)n1. The van der Waals surface area contributed by atoms with Gasteiger partial charge in [0.05, 0.1) is 11.9 Å². The second kappa shape index (κ2) is 6.35. The van der Waals surface area contributed by atoms with E-state index >= 15 is 0 Å². The molecule has 23 heavy (non-hydrogen) atoms. The zero-order chi connectivity index (χ0) is 16.2. The maximum Gasteiger partial charge on any atom is 0.279 e. The van der Waals surface area contributed by atoms with Crippen LogP contribution in [0, 0.1) is 6.92 Å². The van der Waals surface area contributed by atoms with E-state index in [0.717, 1.165) is 17.8 Å². The Morgan fingerprint density at radius 2 is 2.00 bits per heavy atom. The summed E-state index contributed by atoms with van der Waals surface area (Å²) >= 11 is 0. The van der Waals surface area contributed by atoms with E-state index in [1.165, 1.54) is 11.0 Å². The number of para-hydroxylation sites is 1. The average Bonchev–Trinajstić information content (AvgIpc) is 3.05. The topological polar surface area (TPSA) is 85.6 Å². The summed E-state index contributed by atoms with van der Waals surface area (Å²) in [6, 6.07) is 11.2. The minimum Gasteiger partial charge on any atom is -0.305 e. The van der Waals surface area contributed by atoms with Gasteiger partial charge in [-0.15, -0.1) is 5.10 Å². The molecule has 0 atom stereocenters. The first-order valence-electron chi connectivity index (χ1n) is 7.29. The van der Waals surface area contributed by atoms with Crippen LogP contribution in [0.15, 0.2) is 42.6 Å². The van der Waals surface area contributed by atoms with Crippen molar-refractivity contribution in [3.05, 3.63) is 59.8 Å². The highest BCUT2D eigenvalue weighted by atomic mass is 16.2. The zero-order valence-corrected chi connectivity index (χ0v) is 12.9. The monoisotopic (exact) mass is 308 g/mol. The Bertz CT molecular complexity index is 828. The molecule has 0 fully saturated rings. The molecule has 0 spiro atoms. The van der Waals surface area contributed by atoms with Gasteiger partial charge in [0.2, 0.25) is 0 Å². The molecule has 1 N–H and O–H groups in total. The van der Waals surface area contributed by atoms with Crippen LogP contribution in [0.2, 0.25) is 0 Å². The molecule has 0 aliphatic carbocycles. The normalized spacial score (nSPS) is 10.5. The smallest absolute Gasteiger partial charge is 0.279 e. The number of aromatic nitrogens is 5. The number of benzene rings is 1. The van der Waals surface area contributed by atoms with Crippen LogP contribution in [-0.4, -0.2) is 30.9 Å². The van der Waals surface area contributed by atoms with Gasteiger partial charge in [0.25, 0.3) is 5.91 Å². The maximum atomic E-state index is 12.3. The van der Waals surface area contributed by atoms with Crippen LogP contribution in [0.25, 0.3) is 5.69 Å². The molecule has 7 heteroatoms. The summed E-state index contributed by atoms with van der Waals surface area (Å²) in [6.07, 6.45) is 2.20. The van der Waals surface area contributed by atoms with E-state index in [1.807, 2.05) is 37.3 Å². The van der Waals surface area contributed by atoms with Crippen LogP contribution in [0.3, 0.4) is 0 Å². The Balaban J connectivity index is 1.79. The summed E-state index contributed by atoms with van der Waals surface area (Å²) < 4.78 is 0. The number of carbonyl (C=O) groups is 1. The highest BCUT2D eigenvalue weighted by Crippen LogP contribution is 2.09. The molecule has 0 aliphatic heterocycles. The van der Waals surface area contributed by atoms with Gasteiger partial charge in [-0.1, -0.05) is 25.1 Å². The van der Waals surface area contributed by atoms with Crippen molar-refractivity contribution in [1.29, 1.82) is 0 Å². The molecule has 2 heterocycles. The van der Waals surface area contributed by atoms with E-state index in [-0.39, 0.29) is 11.6 Å². The molecule has 3 rings (SSSR count). The fourth-order valence-corrected chi connectivity index (χ4v) is 2.11. The molecule has 7 nitrogen and oxygen atoms in total. The minimum atomic E-state index is -0.354. The number of hydrogen-bond donors (Lipinski definition) is 1. The molecule has 1 amide bonds. The van der Waals surface area contributed by atoms with Gasteiger partial charge in [0, 0.05) is 11.8 Å². The lowest BCUT2D eigenvalue weighted by Gasteiger charge is -2.05. The lowest BCUT2D eigenvalue weighted by atomic mass is 10.3. The molecule has 0 unspecified atom stereocenters. The van der Waals surface area contributed by atoms with E-state index in [9.17, 15) is 4.79 Å². The van der Waals surface area contributed by atoms with E-state index in [0.29, 0.717) is 11.6 Å². The number of carbonyl (C=O) groups excluding carboxylic acids is 1. The number of nitrogens with one attached hydrogen (secondary N) is 1. The molecular weight excluding hydrogens is 292 g/mol. The molecule has 0 radical (unpaired) electrons. The quantitative estimate of drug-likeness (QED) is 0.798. The Labute approximate surface area is 133 Å². The van der Waals surface area contributed by atoms with Crippen molar-refractivity contribution in [2.45, 2.75) is 20.3 Å². The van der Waals surface area contributed by atoms with Gasteiger partial charge in [-0.05, 0) is 25.5 Å². The third-order valence-corrected chi connectivity index (χ3v) is 3.21. The predicted octanol–water partition coefficient (Wildman–Crippen LogP) is 2.18. The standard InChI is InChI=1S/C16H16N6O/c1-3-12-9-15(19-11(2)18-12)20-16(23)14-10-17-22(21-14)13-7-5-4-6-8-13/h4-10H,3H2,1-2H3,(H,18,19,20,23). The molecular formula is C16H16N6O. The fraction of sp³-hybridized carbons (Fsp3) is 0.188. The van der Waals surface area contributed by atoms with Crippen LogP contribution in [0.4, 0.5) is 5.82 Å². The zero-order valence-electron chi connectivity index (χ0n) is 12.9. The minimum absolute atomic E-state index is 0.225. The van der Waals surface area contributed by atoms with Crippen molar-refractivity contribution < 1.29 is 4.79 Å². The van der Waals surface area contributed by atoms with E-state index in [1.54, 1.807) is 13.0 Å². The van der Waals surface area contributed by atoms with Gasteiger partial charge in [-0.25, -0.2) is 9.97 Å². The Kier molecular flexibility index (Phi) is 4.09. The van der Waals surface area contributed by atoms with Crippen molar-refractivity contribution >= 4 is 11.7 Å². The van der Waals surface area contributed by atoms with Gasteiger partial charge in [0.1, 0.15) is 11.6 Å². The van der Waals surface area contributed by atoms with E-state index in [4.69, 9.17) is 0 Å². The molecule has 1 aromatic carbocycles. The van der Waals surface area contributed by atoms with Crippen LogP contribution < -0.4 is 5.32 Å². The maximum absolute atomic E-state index is 12.3. The van der Waals surface area contributed by atoms with Gasteiger partial charge >= 0.3 is 0 Å². The summed E-state index contributed by atoms with van der Waals surface area (Å²) in [5.41, 5.74) is 1.89. The number of anilines is 1. The summed E-state index contributed by atoms with van der Waals surface area (Å²) in [4.78, 5) is 22.2. The third kappa shape index (κ3) is 3.39. The van der Waals surface area contributed by atoms with E-state index in [2.05, 4.69) is 25.5 Å². The van der Waals surface area contributed by atoms with Crippen molar-refractivity contribution in [2.75, 3.05) is 5.32 Å². The predicted molar refractivity (Wildman–Crippen MR) is 85.5 cm³/mol. The first kappa shape index (κ1) is 14.8. The number of nitrogens with zero attached hydrogens (tertiary/aromatic N) is 5. The number of hydrogen-bond acceptors (Lipinski definition) is 5. The molecule has 0 saturated heterocycles. The van der Waals surface area contributed by atoms with Gasteiger partial charge < -0.3 is 5.32 Å². The fourth-order valence-electron chi connectivity index (χ4n) is 2.11. The number of amides is 1. The van der Waals surface area contributed by atoms with Crippen molar-refractivity contribution in [2.24, 2.45) is 0 Å². The average molecular weight is 308 g/mol. The third-order valence-electron chi connectivity index (χ3n) is 3.21. The molecule has 0 bridgehead atoms. The van der Waals surface area contributed by atoms with E-state index < -0.39 is 0 Å². The summed E-state index contributed by atoms with van der Waals surface area (Å²) in [6.45, 7) is 3.79. The molecule has 2 aromatic heterocycles. The molecule has 3 aromatic rings. The molecule has 0 aliphatic rings. The van der Waals surface area contributed by atoms with Crippen LogP contribution in [-0.2, 0) is 6.42 Å². The summed E-state index contributed by atoms with van der Waals surface area (Å²) in [5.74, 6) is 0.730. The van der Waals surface area contributed by atoms with Crippen LogP contribution in [0.1, 0.15) is 28.9 Å². The van der Waals surface area contributed by atoms with Gasteiger partial charge in [-0.3, -0.25) is 4.79 Å². The van der Waals surface area contributed by atoms with Gasteiger partial charge in [0.15, 0.2) is 5.69 Å². The molecule has 116 valence electrons. The Morgan fingerprint density at radius 3 is 2.74 bits per heavy atom. The number of rotatable bonds is 4. The lowest BCUT2D eigenvalue weighted by molar-refractivity contribution is 0.102. The lowest BCUT2D eigenvalue weighted by Crippen LogP contribution is -2.15. The molecule has 0 saturated carbocycles. The van der Waals surface area contributed by atoms with Crippen molar-refractivity contribution in [3.63, 3.8) is 0 Å². The highest BCUT2D eigenvalue weighted by Gasteiger charge is 2.13. The Morgan fingerprint density at radius 1 is 1.22 bits per heavy atom.